The van der Waals surface area contributed by atoms with Gasteiger partial charge in [-0.2, -0.15) is 0 Å². The van der Waals surface area contributed by atoms with E-state index in [1.165, 1.54) is 0 Å². The second-order valence-electron chi connectivity index (χ2n) is 5.00. The van der Waals surface area contributed by atoms with E-state index >= 15 is 0 Å². The Bertz CT molecular complexity index is 407. The second kappa shape index (κ2) is 5.54. The highest BCUT2D eigenvalue weighted by atomic mass is 16.5. The van der Waals surface area contributed by atoms with Gasteiger partial charge >= 0.3 is 5.97 Å². The van der Waals surface area contributed by atoms with Gasteiger partial charge in [-0.15, -0.1) is 6.42 Å². The van der Waals surface area contributed by atoms with Crippen molar-refractivity contribution in [2.24, 2.45) is 5.41 Å². The maximum atomic E-state index is 11.7. The van der Waals surface area contributed by atoms with E-state index in [1.807, 2.05) is 51.1 Å². The van der Waals surface area contributed by atoms with E-state index in [-0.39, 0.29) is 5.97 Å². The van der Waals surface area contributed by atoms with Crippen molar-refractivity contribution in [1.29, 1.82) is 0 Å². The van der Waals surface area contributed by atoms with Crippen LogP contribution in [0.3, 0.4) is 0 Å². The van der Waals surface area contributed by atoms with Gasteiger partial charge in [0.15, 0.2) is 6.10 Å². The van der Waals surface area contributed by atoms with Gasteiger partial charge in [-0.1, -0.05) is 36.3 Å². The molecule has 1 unspecified atom stereocenters. The lowest BCUT2D eigenvalue weighted by Crippen LogP contribution is -2.28. The highest BCUT2D eigenvalue weighted by Gasteiger charge is 2.25. The lowest BCUT2D eigenvalue weighted by Gasteiger charge is -2.20. The van der Waals surface area contributed by atoms with Crippen LogP contribution < -0.4 is 0 Å². The summed E-state index contributed by atoms with van der Waals surface area (Å²) in [5.74, 6) is 2.24. The van der Waals surface area contributed by atoms with Gasteiger partial charge in [-0.25, -0.2) is 0 Å². The molecule has 17 heavy (non-hydrogen) atoms. The Morgan fingerprint density at radius 1 is 1.35 bits per heavy atom. The van der Waals surface area contributed by atoms with Crippen LogP contribution in [0.1, 0.15) is 26.3 Å². The van der Waals surface area contributed by atoms with Crippen LogP contribution in [-0.4, -0.2) is 12.1 Å². The van der Waals surface area contributed by atoms with E-state index in [9.17, 15) is 4.79 Å². The van der Waals surface area contributed by atoms with Crippen molar-refractivity contribution in [1.82, 2.24) is 0 Å². The normalized spacial score (nSPS) is 12.6. The van der Waals surface area contributed by atoms with Gasteiger partial charge in [0, 0.05) is 6.42 Å². The van der Waals surface area contributed by atoms with Gasteiger partial charge in [0.1, 0.15) is 0 Å². The number of hydrogen-bond acceptors (Lipinski definition) is 2. The number of esters is 1. The summed E-state index contributed by atoms with van der Waals surface area (Å²) in [4.78, 5) is 11.7. The zero-order valence-corrected chi connectivity index (χ0v) is 10.6. The first-order valence-corrected chi connectivity index (χ1v) is 5.64. The number of ether oxygens (including phenoxy) is 1. The molecule has 2 heteroatoms. The molecule has 90 valence electrons. The molecule has 2 nitrogen and oxygen atoms in total. The highest BCUT2D eigenvalue weighted by Crippen LogP contribution is 2.17. The number of hydrogen-bond donors (Lipinski definition) is 0. The molecule has 0 saturated heterocycles. The van der Waals surface area contributed by atoms with Gasteiger partial charge in [-0.3, -0.25) is 4.79 Å². The second-order valence-corrected chi connectivity index (χ2v) is 5.00. The number of benzene rings is 1. The molecule has 0 N–H and O–H groups in total. The number of carbonyl (C=O) groups is 1. The maximum absolute atomic E-state index is 11.7. The van der Waals surface area contributed by atoms with Gasteiger partial charge in [0.2, 0.25) is 0 Å². The van der Waals surface area contributed by atoms with Crippen molar-refractivity contribution < 1.29 is 9.53 Å². The molecule has 0 saturated carbocycles. The monoisotopic (exact) mass is 230 g/mol. The maximum Gasteiger partial charge on any atom is 0.312 e. The molecule has 0 spiro atoms. The first kappa shape index (κ1) is 13.3. The van der Waals surface area contributed by atoms with Crippen molar-refractivity contribution >= 4 is 5.97 Å². The van der Waals surface area contributed by atoms with E-state index in [4.69, 9.17) is 11.2 Å². The SMILES string of the molecule is C#CC(Cc1ccccc1)OC(=O)C(C)(C)C. The average Bonchev–Trinajstić information content (AvgIpc) is 2.28. The fourth-order valence-electron chi connectivity index (χ4n) is 1.27. The van der Waals surface area contributed by atoms with Crippen molar-refractivity contribution in [3.8, 4) is 12.3 Å². The Labute approximate surface area is 103 Å². The molecule has 0 heterocycles. The van der Waals surface area contributed by atoms with Gasteiger partial charge in [-0.05, 0) is 26.3 Å². The third-order valence-corrected chi connectivity index (χ3v) is 2.31. The summed E-state index contributed by atoms with van der Waals surface area (Å²) in [6.45, 7) is 5.43. The van der Waals surface area contributed by atoms with E-state index < -0.39 is 11.5 Å². The van der Waals surface area contributed by atoms with Crippen LogP contribution in [0, 0.1) is 17.8 Å². The summed E-state index contributed by atoms with van der Waals surface area (Å²) in [5.41, 5.74) is 0.545. The van der Waals surface area contributed by atoms with Gasteiger partial charge < -0.3 is 4.74 Å². The van der Waals surface area contributed by atoms with Crippen molar-refractivity contribution in [2.75, 3.05) is 0 Å². The van der Waals surface area contributed by atoms with Crippen molar-refractivity contribution in [3.05, 3.63) is 35.9 Å². The molecular weight excluding hydrogens is 212 g/mol. The minimum atomic E-state index is -0.522. The molecule has 1 rings (SSSR count). The predicted molar refractivity (Wildman–Crippen MR) is 68.3 cm³/mol. The zero-order chi connectivity index (χ0) is 12.9. The third kappa shape index (κ3) is 4.32. The van der Waals surface area contributed by atoms with E-state index in [2.05, 4.69) is 5.92 Å². The lowest BCUT2D eigenvalue weighted by molar-refractivity contribution is -0.155. The number of carbonyl (C=O) groups excluding carboxylic acids is 1. The van der Waals surface area contributed by atoms with Gasteiger partial charge in [0.05, 0.1) is 5.41 Å². The molecule has 0 amide bonds. The number of terminal acetylenes is 1. The Balaban J connectivity index is 2.63. The molecule has 0 bridgehead atoms. The summed E-state index contributed by atoms with van der Waals surface area (Å²) in [6, 6.07) is 9.75. The predicted octanol–water partition coefficient (Wildman–Crippen LogP) is 2.82. The van der Waals surface area contributed by atoms with Gasteiger partial charge in [0.25, 0.3) is 0 Å². The Kier molecular flexibility index (Phi) is 4.34. The van der Waals surface area contributed by atoms with Crippen LogP contribution in [-0.2, 0) is 16.0 Å². The molecular formula is C15H18O2. The van der Waals surface area contributed by atoms with E-state index in [0.717, 1.165) is 5.56 Å². The molecule has 0 fully saturated rings. The molecule has 1 aromatic rings. The van der Waals surface area contributed by atoms with Crippen LogP contribution in [0.4, 0.5) is 0 Å². The summed E-state index contributed by atoms with van der Waals surface area (Å²) in [6.07, 6.45) is 5.44. The van der Waals surface area contributed by atoms with Crippen LogP contribution in [0.5, 0.6) is 0 Å². The summed E-state index contributed by atoms with van der Waals surface area (Å²) < 4.78 is 5.29. The van der Waals surface area contributed by atoms with E-state index in [1.54, 1.807) is 0 Å². The minimum absolute atomic E-state index is 0.267. The van der Waals surface area contributed by atoms with Crippen LogP contribution in [0.15, 0.2) is 30.3 Å². The molecule has 1 atom stereocenters. The highest BCUT2D eigenvalue weighted by molar-refractivity contribution is 5.75. The Morgan fingerprint density at radius 2 is 1.94 bits per heavy atom. The van der Waals surface area contributed by atoms with Crippen LogP contribution >= 0.6 is 0 Å². The molecule has 0 aliphatic carbocycles. The summed E-state index contributed by atoms with van der Waals surface area (Å²) in [5, 5.41) is 0. The third-order valence-electron chi connectivity index (χ3n) is 2.31. The molecule has 0 aliphatic heterocycles. The largest absolute Gasteiger partial charge is 0.448 e. The van der Waals surface area contributed by atoms with Crippen molar-refractivity contribution in [2.45, 2.75) is 33.3 Å². The topological polar surface area (TPSA) is 26.3 Å². The quantitative estimate of drug-likeness (QED) is 0.589. The molecule has 0 aromatic heterocycles. The fourth-order valence-corrected chi connectivity index (χ4v) is 1.27. The standard InChI is InChI=1S/C15H18O2/c1-5-13(17-14(16)15(2,3)4)11-12-9-7-6-8-10-12/h1,6-10,13H,11H2,2-4H3. The Hall–Kier alpha value is -1.75. The van der Waals surface area contributed by atoms with E-state index in [0.29, 0.717) is 6.42 Å². The summed E-state index contributed by atoms with van der Waals surface area (Å²) in [7, 11) is 0. The smallest absolute Gasteiger partial charge is 0.312 e. The van der Waals surface area contributed by atoms with Crippen LogP contribution in [0.2, 0.25) is 0 Å². The minimum Gasteiger partial charge on any atom is -0.448 e. The fraction of sp³-hybridized carbons (Fsp3) is 0.400. The summed E-state index contributed by atoms with van der Waals surface area (Å²) >= 11 is 0. The Morgan fingerprint density at radius 3 is 2.41 bits per heavy atom. The number of rotatable bonds is 3. The zero-order valence-electron chi connectivity index (χ0n) is 10.6. The van der Waals surface area contributed by atoms with Crippen LogP contribution in [0.25, 0.3) is 0 Å². The molecule has 0 aliphatic rings. The molecule has 0 radical (unpaired) electrons. The first-order chi connectivity index (χ1) is 7.93. The van der Waals surface area contributed by atoms with Crippen molar-refractivity contribution in [3.63, 3.8) is 0 Å². The average molecular weight is 230 g/mol. The molecule has 1 aromatic carbocycles. The first-order valence-electron chi connectivity index (χ1n) is 5.64. The lowest BCUT2D eigenvalue weighted by atomic mass is 9.97.